The fourth-order valence-corrected chi connectivity index (χ4v) is 2.11. The highest BCUT2D eigenvalue weighted by atomic mass is 16.1. The van der Waals surface area contributed by atoms with Crippen LogP contribution in [-0.4, -0.2) is 21.1 Å². The Labute approximate surface area is 109 Å². The van der Waals surface area contributed by atoms with Crippen molar-refractivity contribution in [2.75, 3.05) is 5.32 Å². The van der Waals surface area contributed by atoms with Crippen molar-refractivity contribution in [3.05, 3.63) is 42.7 Å². The molecule has 2 aromatic heterocycles. The summed E-state index contributed by atoms with van der Waals surface area (Å²) in [5.41, 5.74) is 3.37. The van der Waals surface area contributed by atoms with Gasteiger partial charge in [0, 0.05) is 35.3 Å². The molecule has 0 radical (unpaired) electrons. The van der Waals surface area contributed by atoms with E-state index in [-0.39, 0.29) is 5.91 Å². The number of amides is 1. The Balaban J connectivity index is 2.21. The monoisotopic (exact) mass is 252 g/mol. The SMILES string of the molecule is CC(=O)Nc1ccccc1-c1cnnc2[nH]ccc12. The van der Waals surface area contributed by atoms with E-state index in [0.717, 1.165) is 27.8 Å². The van der Waals surface area contributed by atoms with Crippen LogP contribution in [-0.2, 0) is 4.79 Å². The molecule has 2 heterocycles. The number of H-pyrrole nitrogens is 1. The standard InChI is InChI=1S/C14H12N4O/c1-9(19)17-13-5-3-2-4-10(13)12-8-16-18-14-11(12)6-7-15-14/h2-8H,1H3,(H,15,18)(H,17,19). The Bertz CT molecular complexity index is 748. The lowest BCUT2D eigenvalue weighted by Crippen LogP contribution is -2.06. The maximum atomic E-state index is 11.3. The Morgan fingerprint density at radius 1 is 1.21 bits per heavy atom. The third kappa shape index (κ3) is 2.06. The minimum Gasteiger partial charge on any atom is -0.345 e. The summed E-state index contributed by atoms with van der Waals surface area (Å²) in [5.74, 6) is -0.0974. The van der Waals surface area contributed by atoms with E-state index in [1.807, 2.05) is 36.5 Å². The molecule has 0 saturated heterocycles. The van der Waals surface area contributed by atoms with Gasteiger partial charge in [0.25, 0.3) is 0 Å². The predicted octanol–water partition coefficient (Wildman–Crippen LogP) is 2.58. The molecule has 19 heavy (non-hydrogen) atoms. The van der Waals surface area contributed by atoms with E-state index < -0.39 is 0 Å². The lowest BCUT2D eigenvalue weighted by molar-refractivity contribution is -0.114. The summed E-state index contributed by atoms with van der Waals surface area (Å²) in [6.07, 6.45) is 3.53. The summed E-state index contributed by atoms with van der Waals surface area (Å²) in [7, 11) is 0. The summed E-state index contributed by atoms with van der Waals surface area (Å²) in [4.78, 5) is 14.3. The van der Waals surface area contributed by atoms with Gasteiger partial charge < -0.3 is 10.3 Å². The van der Waals surface area contributed by atoms with Crippen LogP contribution in [0.25, 0.3) is 22.2 Å². The molecule has 0 spiro atoms. The molecule has 0 aliphatic carbocycles. The number of carbonyl (C=O) groups excluding carboxylic acids is 1. The lowest BCUT2D eigenvalue weighted by atomic mass is 10.0. The average molecular weight is 252 g/mol. The first-order valence-electron chi connectivity index (χ1n) is 5.91. The molecule has 0 atom stereocenters. The summed E-state index contributed by atoms with van der Waals surface area (Å²) >= 11 is 0. The molecular weight excluding hydrogens is 240 g/mol. The zero-order valence-electron chi connectivity index (χ0n) is 10.3. The van der Waals surface area contributed by atoms with Crippen molar-refractivity contribution >= 4 is 22.6 Å². The molecular formula is C14H12N4O. The quantitative estimate of drug-likeness (QED) is 0.736. The number of hydrogen-bond acceptors (Lipinski definition) is 3. The fraction of sp³-hybridized carbons (Fsp3) is 0.0714. The highest BCUT2D eigenvalue weighted by Crippen LogP contribution is 2.31. The molecule has 2 N–H and O–H groups in total. The molecule has 0 bridgehead atoms. The largest absolute Gasteiger partial charge is 0.345 e. The first kappa shape index (κ1) is 11.4. The number of nitrogens with zero attached hydrogens (tertiary/aromatic N) is 2. The predicted molar refractivity (Wildman–Crippen MR) is 73.6 cm³/mol. The van der Waals surface area contributed by atoms with Crippen LogP contribution in [0.15, 0.2) is 42.7 Å². The van der Waals surface area contributed by atoms with Crippen LogP contribution in [0.4, 0.5) is 5.69 Å². The molecule has 1 aromatic carbocycles. The topological polar surface area (TPSA) is 70.7 Å². The number of fused-ring (bicyclic) bond motifs is 1. The number of rotatable bonds is 2. The molecule has 0 aliphatic rings. The van der Waals surface area contributed by atoms with Crippen molar-refractivity contribution in [1.82, 2.24) is 15.2 Å². The van der Waals surface area contributed by atoms with Gasteiger partial charge in [0.05, 0.1) is 6.20 Å². The molecule has 5 nitrogen and oxygen atoms in total. The molecule has 94 valence electrons. The molecule has 0 saturated carbocycles. The number of benzene rings is 1. The van der Waals surface area contributed by atoms with Crippen molar-refractivity contribution in [3.63, 3.8) is 0 Å². The van der Waals surface area contributed by atoms with Gasteiger partial charge in [-0.25, -0.2) is 0 Å². The number of aromatic amines is 1. The Morgan fingerprint density at radius 2 is 2.05 bits per heavy atom. The highest BCUT2D eigenvalue weighted by Gasteiger charge is 2.10. The maximum Gasteiger partial charge on any atom is 0.221 e. The molecule has 0 fully saturated rings. The lowest BCUT2D eigenvalue weighted by Gasteiger charge is -2.10. The fourth-order valence-electron chi connectivity index (χ4n) is 2.11. The first-order chi connectivity index (χ1) is 9.25. The second kappa shape index (κ2) is 4.53. The summed E-state index contributed by atoms with van der Waals surface area (Å²) in [6.45, 7) is 1.49. The van der Waals surface area contributed by atoms with Crippen LogP contribution in [0.5, 0.6) is 0 Å². The van der Waals surface area contributed by atoms with Gasteiger partial charge in [-0.2, -0.15) is 5.10 Å². The van der Waals surface area contributed by atoms with Gasteiger partial charge in [0.1, 0.15) is 0 Å². The third-order valence-corrected chi connectivity index (χ3v) is 2.89. The molecule has 3 rings (SSSR count). The molecule has 0 unspecified atom stereocenters. The van der Waals surface area contributed by atoms with Crippen LogP contribution in [0.1, 0.15) is 6.92 Å². The van der Waals surface area contributed by atoms with Gasteiger partial charge in [-0.15, -0.1) is 5.10 Å². The van der Waals surface area contributed by atoms with Crippen molar-refractivity contribution in [2.24, 2.45) is 0 Å². The number of para-hydroxylation sites is 1. The zero-order valence-corrected chi connectivity index (χ0v) is 10.3. The van der Waals surface area contributed by atoms with Gasteiger partial charge in [-0.3, -0.25) is 4.79 Å². The van der Waals surface area contributed by atoms with Gasteiger partial charge in [-0.05, 0) is 12.1 Å². The maximum absolute atomic E-state index is 11.3. The zero-order chi connectivity index (χ0) is 13.2. The Hall–Kier alpha value is -2.69. The van der Waals surface area contributed by atoms with E-state index in [1.54, 1.807) is 6.20 Å². The van der Waals surface area contributed by atoms with Crippen LogP contribution in [0, 0.1) is 0 Å². The number of carbonyl (C=O) groups is 1. The van der Waals surface area contributed by atoms with Gasteiger partial charge in [-0.1, -0.05) is 18.2 Å². The van der Waals surface area contributed by atoms with Crippen LogP contribution < -0.4 is 5.32 Å². The molecule has 5 heteroatoms. The second-order valence-corrected chi connectivity index (χ2v) is 4.22. The van der Waals surface area contributed by atoms with E-state index in [1.165, 1.54) is 6.92 Å². The molecule has 0 aliphatic heterocycles. The van der Waals surface area contributed by atoms with E-state index in [9.17, 15) is 4.79 Å². The van der Waals surface area contributed by atoms with Crippen LogP contribution in [0.3, 0.4) is 0 Å². The highest BCUT2D eigenvalue weighted by molar-refractivity contribution is 6.00. The summed E-state index contributed by atoms with van der Waals surface area (Å²) < 4.78 is 0. The second-order valence-electron chi connectivity index (χ2n) is 4.22. The van der Waals surface area contributed by atoms with Crippen molar-refractivity contribution in [1.29, 1.82) is 0 Å². The Morgan fingerprint density at radius 3 is 2.89 bits per heavy atom. The van der Waals surface area contributed by atoms with Crippen LogP contribution in [0.2, 0.25) is 0 Å². The van der Waals surface area contributed by atoms with Gasteiger partial charge in [0.15, 0.2) is 5.65 Å². The minimum atomic E-state index is -0.0974. The average Bonchev–Trinajstić information content (AvgIpc) is 2.87. The van der Waals surface area contributed by atoms with Crippen LogP contribution >= 0.6 is 0 Å². The number of hydrogen-bond donors (Lipinski definition) is 2. The first-order valence-corrected chi connectivity index (χ1v) is 5.91. The van der Waals surface area contributed by atoms with Gasteiger partial charge in [0.2, 0.25) is 5.91 Å². The third-order valence-electron chi connectivity index (χ3n) is 2.89. The van der Waals surface area contributed by atoms with Crippen molar-refractivity contribution in [2.45, 2.75) is 6.92 Å². The van der Waals surface area contributed by atoms with Gasteiger partial charge >= 0.3 is 0 Å². The normalized spacial score (nSPS) is 10.6. The molecule has 3 aromatic rings. The van der Waals surface area contributed by atoms with E-state index in [4.69, 9.17) is 0 Å². The summed E-state index contributed by atoms with van der Waals surface area (Å²) in [6, 6.07) is 9.59. The van der Waals surface area contributed by atoms with E-state index in [0.29, 0.717) is 0 Å². The van der Waals surface area contributed by atoms with Crippen molar-refractivity contribution in [3.8, 4) is 11.1 Å². The van der Waals surface area contributed by atoms with E-state index >= 15 is 0 Å². The minimum absolute atomic E-state index is 0.0974. The molecule has 1 amide bonds. The number of nitrogens with one attached hydrogen (secondary N) is 2. The van der Waals surface area contributed by atoms with E-state index in [2.05, 4.69) is 20.5 Å². The summed E-state index contributed by atoms with van der Waals surface area (Å²) in [5, 5.41) is 11.8. The smallest absolute Gasteiger partial charge is 0.221 e. The number of aromatic nitrogens is 3. The Kier molecular flexibility index (Phi) is 2.72. The van der Waals surface area contributed by atoms with Crippen molar-refractivity contribution < 1.29 is 4.79 Å². The number of anilines is 1.